The summed E-state index contributed by atoms with van der Waals surface area (Å²) in [5, 5.41) is 0.834. The molecule has 2 aromatic carbocycles. The van der Waals surface area contributed by atoms with Crippen molar-refractivity contribution in [2.45, 2.75) is 83.7 Å². The number of hydrogen-bond donors (Lipinski definition) is 1. The number of hydrogen-bond acceptors (Lipinski definition) is 8. The molecule has 4 heterocycles. The van der Waals surface area contributed by atoms with Crippen LogP contribution < -0.4 is 15.4 Å². The van der Waals surface area contributed by atoms with Crippen molar-refractivity contribution < 1.29 is 33.9 Å². The standard InChI is InChI=1S/C43H52F4N6O2Si/c1-24(2)56(25(3)4,26(5)6)16-12-30-34(45)10-9-27-17-29(48)18-31(35(27)30)38-37(47)39-32(20-49-38)41(53-14-15-54-21-33-36(46)40(33)53)51-42(50-39)55-23-43(7)22-52(8)13-11-28(43)19-44/h9-10,17-20,24-26,33,36,40H,11,13-15,21-23,48H2,1-8H3/b28-19+/t33-,36-,40-,43-/m0/s1/i8D3,23D2. The molecule has 13 heteroatoms. The molecular weight excluding hydrogens is 737 g/mol. The number of anilines is 2. The molecule has 298 valence electrons. The van der Waals surface area contributed by atoms with Gasteiger partial charge in [-0.15, -0.1) is 5.54 Å². The van der Waals surface area contributed by atoms with E-state index in [-0.39, 0.29) is 106 Å². The van der Waals surface area contributed by atoms with Gasteiger partial charge in [0, 0.05) is 57.9 Å². The summed E-state index contributed by atoms with van der Waals surface area (Å²) in [5.74, 6) is 1.12. The average molecular weight is 794 g/mol. The molecule has 7 rings (SSSR count). The Kier molecular flexibility index (Phi) is 9.22. The van der Waals surface area contributed by atoms with Gasteiger partial charge >= 0.3 is 6.01 Å². The van der Waals surface area contributed by atoms with Gasteiger partial charge < -0.3 is 25.0 Å². The van der Waals surface area contributed by atoms with Gasteiger partial charge in [0.05, 0.1) is 39.3 Å². The number of piperidine rings is 1. The fraction of sp³-hybridized carbons (Fsp3) is 0.512. The zero-order chi connectivity index (χ0) is 44.6. The predicted octanol–water partition coefficient (Wildman–Crippen LogP) is 9.02. The third-order valence-electron chi connectivity index (χ3n) is 12.1. The number of likely N-dealkylation sites (tertiary alicyclic amines) is 1. The Morgan fingerprint density at radius 3 is 2.59 bits per heavy atom. The number of pyridine rings is 1. The molecule has 4 atom stereocenters. The smallest absolute Gasteiger partial charge is 0.319 e. The molecule has 2 aromatic heterocycles. The molecule has 0 radical (unpaired) electrons. The molecule has 2 saturated heterocycles. The van der Waals surface area contributed by atoms with E-state index in [1.165, 1.54) is 25.3 Å². The second-order valence-corrected chi connectivity index (χ2v) is 22.0. The first-order valence-corrected chi connectivity index (χ1v) is 21.4. The number of nitrogens with zero attached hydrogens (tertiary/aromatic N) is 5. The van der Waals surface area contributed by atoms with E-state index in [4.69, 9.17) is 22.1 Å². The highest BCUT2D eigenvalue weighted by atomic mass is 28.3. The second-order valence-electron chi connectivity index (χ2n) is 16.5. The summed E-state index contributed by atoms with van der Waals surface area (Å²) in [4.78, 5) is 16.2. The molecule has 3 fully saturated rings. The number of rotatable bonds is 8. The predicted molar refractivity (Wildman–Crippen MR) is 218 cm³/mol. The number of aromatic nitrogens is 3. The van der Waals surface area contributed by atoms with Crippen LogP contribution >= 0.6 is 0 Å². The molecule has 1 saturated carbocycles. The van der Waals surface area contributed by atoms with Crippen molar-refractivity contribution in [3.05, 3.63) is 59.6 Å². The number of nitrogen functional groups attached to an aromatic ring is 1. The van der Waals surface area contributed by atoms with E-state index in [2.05, 4.69) is 68.0 Å². The Morgan fingerprint density at radius 1 is 1.14 bits per heavy atom. The van der Waals surface area contributed by atoms with E-state index >= 15 is 13.2 Å². The lowest BCUT2D eigenvalue weighted by Gasteiger charge is -2.40. The topological polar surface area (TPSA) is 89.6 Å². The van der Waals surface area contributed by atoms with Crippen LogP contribution in [-0.2, 0) is 4.74 Å². The second kappa shape index (κ2) is 15.3. The molecule has 56 heavy (non-hydrogen) atoms. The lowest BCUT2D eigenvalue weighted by molar-refractivity contribution is 0.109. The first-order chi connectivity index (χ1) is 28.6. The van der Waals surface area contributed by atoms with Crippen LogP contribution in [0.25, 0.3) is 32.9 Å². The van der Waals surface area contributed by atoms with E-state index in [9.17, 15) is 4.39 Å². The van der Waals surface area contributed by atoms with Crippen LogP contribution in [-0.4, -0.2) is 86.5 Å². The SMILES string of the molecule is [2H]C([2H])([2H])N1CC/C(=C\F)[C@](C)(C([2H])([2H])Oc2nc(N3CCOC[C@H]4[C@H](F)[C@H]43)c3cnc(-c4cc(N)cc5ccc(F)c(C#C[Si](C(C)C)(C(C)C)C(C)C)c45)c(F)c3n2)C1. The van der Waals surface area contributed by atoms with Gasteiger partial charge in [0.25, 0.3) is 0 Å². The van der Waals surface area contributed by atoms with E-state index in [0.717, 1.165) is 4.90 Å². The molecule has 0 spiro atoms. The van der Waals surface area contributed by atoms with Gasteiger partial charge in [0.2, 0.25) is 0 Å². The van der Waals surface area contributed by atoms with E-state index < -0.39 is 69.3 Å². The van der Waals surface area contributed by atoms with Gasteiger partial charge in [0.15, 0.2) is 5.82 Å². The largest absolute Gasteiger partial charge is 0.462 e. The Bertz CT molecular complexity index is 2440. The van der Waals surface area contributed by atoms with Gasteiger partial charge in [0.1, 0.15) is 43.7 Å². The highest BCUT2D eigenvalue weighted by molar-refractivity contribution is 6.90. The zero-order valence-corrected chi connectivity index (χ0v) is 33.8. The van der Waals surface area contributed by atoms with Crippen molar-refractivity contribution in [1.82, 2.24) is 19.9 Å². The first-order valence-electron chi connectivity index (χ1n) is 21.7. The summed E-state index contributed by atoms with van der Waals surface area (Å²) in [7, 11) is -2.37. The van der Waals surface area contributed by atoms with Crippen molar-refractivity contribution in [3.8, 4) is 28.7 Å². The molecule has 2 aliphatic heterocycles. The van der Waals surface area contributed by atoms with Gasteiger partial charge in [-0.05, 0) is 59.2 Å². The number of nitrogens with two attached hydrogens (primary N) is 1. The molecule has 4 aromatic rings. The van der Waals surface area contributed by atoms with Crippen molar-refractivity contribution in [2.75, 3.05) is 57.0 Å². The molecule has 1 aliphatic carbocycles. The van der Waals surface area contributed by atoms with Crippen LogP contribution in [0.1, 0.15) is 67.3 Å². The van der Waals surface area contributed by atoms with Crippen molar-refractivity contribution >= 4 is 41.3 Å². The van der Waals surface area contributed by atoms with E-state index in [1.807, 2.05) is 0 Å². The van der Waals surface area contributed by atoms with E-state index in [1.54, 1.807) is 17.0 Å². The lowest BCUT2D eigenvalue weighted by atomic mass is 9.78. The molecular formula is C43H52F4N6O2Si. The van der Waals surface area contributed by atoms with Gasteiger partial charge in [-0.25, -0.2) is 17.6 Å². The molecule has 8 nitrogen and oxygen atoms in total. The minimum atomic E-state index is -2.87. The highest BCUT2D eigenvalue weighted by Crippen LogP contribution is 2.46. The number of benzene rings is 2. The normalized spacial score (nSPS) is 25.7. The summed E-state index contributed by atoms with van der Waals surface area (Å²) in [6.45, 7) is 8.72. The third-order valence-corrected chi connectivity index (χ3v) is 18.4. The fourth-order valence-corrected chi connectivity index (χ4v) is 14.3. The maximum atomic E-state index is 17.6. The summed E-state index contributed by atoms with van der Waals surface area (Å²) in [6.07, 6.45) is 0.182. The quantitative estimate of drug-likeness (QED) is 0.0819. The lowest BCUT2D eigenvalue weighted by Crippen LogP contribution is -2.44. The summed E-state index contributed by atoms with van der Waals surface area (Å²) in [6, 6.07) is 4.62. The van der Waals surface area contributed by atoms with E-state index in [0.29, 0.717) is 5.39 Å². The molecule has 0 bridgehead atoms. The number of halogens is 4. The van der Waals surface area contributed by atoms with Crippen LogP contribution in [0.15, 0.2) is 42.4 Å². The number of fused-ring (bicyclic) bond motifs is 3. The van der Waals surface area contributed by atoms with Crippen LogP contribution in [0.3, 0.4) is 0 Å². The molecule has 2 N–H and O–H groups in total. The third kappa shape index (κ3) is 6.92. The van der Waals surface area contributed by atoms with Crippen LogP contribution in [0, 0.1) is 34.4 Å². The van der Waals surface area contributed by atoms with Crippen LogP contribution in [0.4, 0.5) is 29.1 Å². The van der Waals surface area contributed by atoms with Crippen molar-refractivity contribution in [2.24, 2.45) is 11.3 Å². The maximum absolute atomic E-state index is 17.6. The van der Waals surface area contributed by atoms with Crippen molar-refractivity contribution in [3.63, 3.8) is 0 Å². The van der Waals surface area contributed by atoms with Crippen LogP contribution in [0.5, 0.6) is 6.01 Å². The summed E-state index contributed by atoms with van der Waals surface area (Å²) in [5.41, 5.74) is 8.62. The monoisotopic (exact) mass is 793 g/mol. The summed E-state index contributed by atoms with van der Waals surface area (Å²) < 4.78 is 117. The first kappa shape index (κ1) is 33.8. The fourth-order valence-electron chi connectivity index (χ4n) is 9.06. The minimum Gasteiger partial charge on any atom is -0.462 e. The van der Waals surface area contributed by atoms with Gasteiger partial charge in [-0.2, -0.15) is 9.97 Å². The van der Waals surface area contributed by atoms with Crippen LogP contribution in [0.2, 0.25) is 16.6 Å². The molecule has 0 amide bonds. The minimum absolute atomic E-state index is 0.000890. The van der Waals surface area contributed by atoms with Gasteiger partial charge in [-0.3, -0.25) is 4.98 Å². The summed E-state index contributed by atoms with van der Waals surface area (Å²) >= 11 is 0. The number of ether oxygens (including phenoxy) is 2. The van der Waals surface area contributed by atoms with Gasteiger partial charge in [-0.1, -0.05) is 60.5 Å². The van der Waals surface area contributed by atoms with Crippen molar-refractivity contribution in [1.29, 1.82) is 0 Å². The molecule has 0 unspecified atom stereocenters. The molecule has 3 aliphatic rings. The Balaban J connectivity index is 1.45. The average Bonchev–Trinajstić information content (AvgIpc) is 3.87. The zero-order valence-electron chi connectivity index (χ0n) is 37.8. The Hall–Kier alpha value is -4.25. The maximum Gasteiger partial charge on any atom is 0.319 e. The number of alkyl halides is 1. The Morgan fingerprint density at radius 2 is 1.89 bits per heavy atom. The highest BCUT2D eigenvalue weighted by Gasteiger charge is 2.56. The Labute approximate surface area is 334 Å².